The number of aromatic nitrogens is 2. The van der Waals surface area contributed by atoms with Crippen LogP contribution in [0.15, 0.2) is 36.4 Å². The van der Waals surface area contributed by atoms with Crippen LogP contribution in [0.1, 0.15) is 5.56 Å². The third kappa shape index (κ3) is 2.08. The van der Waals surface area contributed by atoms with Gasteiger partial charge in [-0.1, -0.05) is 6.07 Å². The number of hydrogen-bond acceptors (Lipinski definition) is 3. The predicted molar refractivity (Wildman–Crippen MR) is 79.7 cm³/mol. The number of halogens is 1. The topological polar surface area (TPSA) is 53.7 Å². The van der Waals surface area contributed by atoms with E-state index in [0.29, 0.717) is 32.8 Å². The van der Waals surface area contributed by atoms with E-state index in [1.165, 1.54) is 19.2 Å². The molecule has 0 unspecified atom stereocenters. The number of aromatic amines is 1. The Kier molecular flexibility index (Phi) is 3.20. The molecule has 0 fully saturated rings. The minimum atomic E-state index is -0.355. The number of nitriles is 1. The Morgan fingerprint density at radius 1 is 1.33 bits per heavy atom. The van der Waals surface area contributed by atoms with Gasteiger partial charge in [0.15, 0.2) is 4.77 Å². The third-order valence-corrected chi connectivity index (χ3v) is 3.49. The maximum absolute atomic E-state index is 13.3. The van der Waals surface area contributed by atoms with Gasteiger partial charge in [-0.05, 0) is 42.5 Å². The molecular formula is C15H10FN3OS. The molecule has 1 aromatic heterocycles. The molecule has 0 radical (unpaired) electrons. The van der Waals surface area contributed by atoms with Crippen LogP contribution in [0.3, 0.4) is 0 Å². The van der Waals surface area contributed by atoms with Crippen molar-refractivity contribution in [2.24, 2.45) is 0 Å². The number of imidazole rings is 1. The summed E-state index contributed by atoms with van der Waals surface area (Å²) >= 11 is 5.31. The van der Waals surface area contributed by atoms with Crippen molar-refractivity contribution in [2.75, 3.05) is 7.11 Å². The van der Waals surface area contributed by atoms with Crippen LogP contribution in [0.4, 0.5) is 4.39 Å². The Hall–Kier alpha value is -2.65. The van der Waals surface area contributed by atoms with E-state index in [9.17, 15) is 9.65 Å². The summed E-state index contributed by atoms with van der Waals surface area (Å²) in [7, 11) is 1.53. The number of fused-ring (bicyclic) bond motifs is 1. The van der Waals surface area contributed by atoms with Crippen LogP contribution in [0.5, 0.6) is 5.75 Å². The van der Waals surface area contributed by atoms with Crippen LogP contribution in [0, 0.1) is 21.9 Å². The van der Waals surface area contributed by atoms with Crippen LogP contribution in [-0.4, -0.2) is 16.7 Å². The maximum atomic E-state index is 13.3. The van der Waals surface area contributed by atoms with Gasteiger partial charge in [-0.2, -0.15) is 5.26 Å². The molecule has 0 aliphatic heterocycles. The summed E-state index contributed by atoms with van der Waals surface area (Å²) in [6.07, 6.45) is 0. The Bertz CT molecular complexity index is 936. The second-order valence-corrected chi connectivity index (χ2v) is 4.78. The smallest absolute Gasteiger partial charge is 0.182 e. The van der Waals surface area contributed by atoms with Crippen molar-refractivity contribution in [1.29, 1.82) is 5.26 Å². The fraction of sp³-hybridized carbons (Fsp3) is 0.0667. The van der Waals surface area contributed by atoms with Crippen LogP contribution < -0.4 is 4.74 Å². The molecule has 1 heterocycles. The normalized spacial score (nSPS) is 10.5. The number of nitrogens with one attached hydrogen (secondary N) is 1. The molecule has 3 aromatic rings. The minimum absolute atomic E-state index is 0.355. The predicted octanol–water partition coefficient (Wildman–Crippen LogP) is 3.71. The average Bonchev–Trinajstić information content (AvgIpc) is 2.80. The van der Waals surface area contributed by atoms with Crippen molar-refractivity contribution in [2.45, 2.75) is 0 Å². The molecule has 0 aliphatic carbocycles. The monoisotopic (exact) mass is 299 g/mol. The highest BCUT2D eigenvalue weighted by Crippen LogP contribution is 2.30. The molecule has 6 heteroatoms. The summed E-state index contributed by atoms with van der Waals surface area (Å²) in [5.74, 6) is 0.168. The van der Waals surface area contributed by atoms with Gasteiger partial charge in [0.2, 0.25) is 0 Å². The second kappa shape index (κ2) is 5.04. The van der Waals surface area contributed by atoms with E-state index in [4.69, 9.17) is 17.0 Å². The Morgan fingerprint density at radius 2 is 2.14 bits per heavy atom. The van der Waals surface area contributed by atoms with E-state index in [0.717, 1.165) is 0 Å². The molecule has 104 valence electrons. The fourth-order valence-electron chi connectivity index (χ4n) is 2.31. The lowest BCUT2D eigenvalue weighted by Crippen LogP contribution is -2.01. The van der Waals surface area contributed by atoms with Gasteiger partial charge in [0, 0.05) is 0 Å². The molecule has 3 rings (SSSR count). The standard InChI is InChI=1S/C15H10FN3OS/c1-20-13-4-2-3-9(8-17)14(13)19-12-6-5-10(16)7-11(12)18-15(19)21/h2-7H,1H3,(H,18,21). The zero-order valence-corrected chi connectivity index (χ0v) is 11.9. The second-order valence-electron chi connectivity index (χ2n) is 4.40. The first kappa shape index (κ1) is 13.3. The zero-order chi connectivity index (χ0) is 15.0. The van der Waals surface area contributed by atoms with E-state index < -0.39 is 0 Å². The van der Waals surface area contributed by atoms with E-state index in [1.54, 1.807) is 28.8 Å². The molecule has 0 amide bonds. The lowest BCUT2D eigenvalue weighted by atomic mass is 10.1. The molecule has 0 aliphatic rings. The van der Waals surface area contributed by atoms with E-state index in [-0.39, 0.29) is 5.82 Å². The molecular weight excluding hydrogens is 289 g/mol. The van der Waals surface area contributed by atoms with Crippen molar-refractivity contribution in [3.63, 3.8) is 0 Å². The van der Waals surface area contributed by atoms with Gasteiger partial charge in [-0.3, -0.25) is 4.57 Å². The molecule has 1 N–H and O–H groups in total. The first-order valence-electron chi connectivity index (χ1n) is 6.13. The average molecular weight is 299 g/mol. The van der Waals surface area contributed by atoms with Crippen LogP contribution >= 0.6 is 12.2 Å². The number of methoxy groups -OCH3 is 1. The van der Waals surface area contributed by atoms with E-state index in [1.807, 2.05) is 0 Å². The van der Waals surface area contributed by atoms with Gasteiger partial charge in [-0.15, -0.1) is 0 Å². The fourth-order valence-corrected chi connectivity index (χ4v) is 2.61. The van der Waals surface area contributed by atoms with Gasteiger partial charge in [0.1, 0.15) is 23.3 Å². The Labute approximate surface area is 125 Å². The quantitative estimate of drug-likeness (QED) is 0.734. The van der Waals surface area contributed by atoms with Crippen LogP contribution in [-0.2, 0) is 0 Å². The maximum Gasteiger partial charge on any atom is 0.182 e. The molecule has 0 saturated carbocycles. The summed E-state index contributed by atoms with van der Waals surface area (Å²) in [6, 6.07) is 11.6. The van der Waals surface area contributed by atoms with Crippen molar-refractivity contribution in [1.82, 2.24) is 9.55 Å². The van der Waals surface area contributed by atoms with Gasteiger partial charge in [-0.25, -0.2) is 4.39 Å². The number of H-pyrrole nitrogens is 1. The van der Waals surface area contributed by atoms with Crippen molar-refractivity contribution >= 4 is 23.3 Å². The highest BCUT2D eigenvalue weighted by Gasteiger charge is 2.15. The molecule has 0 atom stereocenters. The van der Waals surface area contributed by atoms with E-state index >= 15 is 0 Å². The van der Waals surface area contributed by atoms with Crippen molar-refractivity contribution in [3.8, 4) is 17.5 Å². The summed E-state index contributed by atoms with van der Waals surface area (Å²) < 4.78 is 20.7. The van der Waals surface area contributed by atoms with E-state index in [2.05, 4.69) is 11.1 Å². The summed E-state index contributed by atoms with van der Waals surface area (Å²) in [5.41, 5.74) is 2.22. The third-order valence-electron chi connectivity index (χ3n) is 3.21. The van der Waals surface area contributed by atoms with Crippen LogP contribution in [0.25, 0.3) is 16.7 Å². The molecule has 0 bridgehead atoms. The number of hydrogen-bond donors (Lipinski definition) is 1. The Balaban J connectivity index is 2.44. The number of ether oxygens (including phenoxy) is 1. The summed E-state index contributed by atoms with van der Waals surface area (Å²) in [5, 5.41) is 9.32. The SMILES string of the molecule is COc1cccc(C#N)c1-n1c(=S)[nH]c2cc(F)ccc21. The summed E-state index contributed by atoms with van der Waals surface area (Å²) in [4.78, 5) is 2.94. The summed E-state index contributed by atoms with van der Waals surface area (Å²) in [6.45, 7) is 0. The van der Waals surface area contributed by atoms with Crippen molar-refractivity contribution < 1.29 is 9.13 Å². The number of nitrogens with zero attached hydrogens (tertiary/aromatic N) is 2. The zero-order valence-electron chi connectivity index (χ0n) is 11.1. The van der Waals surface area contributed by atoms with Gasteiger partial charge < -0.3 is 9.72 Å². The largest absolute Gasteiger partial charge is 0.495 e. The lowest BCUT2D eigenvalue weighted by molar-refractivity contribution is 0.413. The van der Waals surface area contributed by atoms with Gasteiger partial charge in [0.05, 0.1) is 23.7 Å². The molecule has 0 spiro atoms. The first-order chi connectivity index (χ1) is 10.2. The minimum Gasteiger partial charge on any atom is -0.495 e. The van der Waals surface area contributed by atoms with Crippen LogP contribution in [0.2, 0.25) is 0 Å². The molecule has 21 heavy (non-hydrogen) atoms. The molecule has 2 aromatic carbocycles. The first-order valence-corrected chi connectivity index (χ1v) is 6.54. The highest BCUT2D eigenvalue weighted by atomic mass is 32.1. The van der Waals surface area contributed by atoms with Gasteiger partial charge >= 0.3 is 0 Å². The number of benzene rings is 2. The number of rotatable bonds is 2. The number of para-hydroxylation sites is 1. The van der Waals surface area contributed by atoms with Gasteiger partial charge in [0.25, 0.3) is 0 Å². The molecule has 0 saturated heterocycles. The lowest BCUT2D eigenvalue weighted by Gasteiger charge is -2.11. The Morgan fingerprint density at radius 3 is 2.86 bits per heavy atom. The molecule has 4 nitrogen and oxygen atoms in total. The highest BCUT2D eigenvalue weighted by molar-refractivity contribution is 7.71. The van der Waals surface area contributed by atoms with Crippen molar-refractivity contribution in [3.05, 3.63) is 52.5 Å².